The summed E-state index contributed by atoms with van der Waals surface area (Å²) in [6.45, 7) is 5.97. The molecule has 1 fully saturated rings. The van der Waals surface area contributed by atoms with E-state index in [1.165, 1.54) is 43.2 Å². The Morgan fingerprint density at radius 1 is 1.10 bits per heavy atom. The smallest absolute Gasteiger partial charge is 0.0716 e. The van der Waals surface area contributed by atoms with Gasteiger partial charge < -0.3 is 4.74 Å². The van der Waals surface area contributed by atoms with Crippen molar-refractivity contribution in [2.45, 2.75) is 64.9 Å². The SMILES string of the molecule is CC=C[C@H]1CC[C@H](c2ccc(COCCCC)cc2)CC1. The molecule has 0 bridgehead atoms. The first-order valence-electron chi connectivity index (χ1n) is 8.63. The van der Waals surface area contributed by atoms with E-state index >= 15 is 0 Å². The second-order valence-electron chi connectivity index (χ2n) is 6.29. The molecule has 1 aliphatic carbocycles. The lowest BCUT2D eigenvalue weighted by atomic mass is 9.78. The lowest BCUT2D eigenvalue weighted by Crippen LogP contribution is -2.11. The third-order valence-electron chi connectivity index (χ3n) is 4.60. The minimum absolute atomic E-state index is 0.758. The molecule has 0 aromatic heterocycles. The van der Waals surface area contributed by atoms with E-state index in [-0.39, 0.29) is 0 Å². The maximum Gasteiger partial charge on any atom is 0.0716 e. The Labute approximate surface area is 130 Å². The van der Waals surface area contributed by atoms with Crippen LogP contribution in [0.25, 0.3) is 0 Å². The highest BCUT2D eigenvalue weighted by Gasteiger charge is 2.20. The zero-order valence-electron chi connectivity index (χ0n) is 13.7. The van der Waals surface area contributed by atoms with E-state index in [1.54, 1.807) is 0 Å². The highest BCUT2D eigenvalue weighted by atomic mass is 16.5. The summed E-state index contributed by atoms with van der Waals surface area (Å²) < 4.78 is 5.68. The molecule has 116 valence electrons. The van der Waals surface area contributed by atoms with Gasteiger partial charge in [-0.15, -0.1) is 0 Å². The molecular formula is C20H30O. The first-order chi connectivity index (χ1) is 10.3. The zero-order valence-corrected chi connectivity index (χ0v) is 13.7. The minimum atomic E-state index is 0.758. The van der Waals surface area contributed by atoms with Gasteiger partial charge in [0.1, 0.15) is 0 Å². The van der Waals surface area contributed by atoms with E-state index in [0.29, 0.717) is 0 Å². The summed E-state index contributed by atoms with van der Waals surface area (Å²) in [5.41, 5.74) is 2.82. The minimum Gasteiger partial charge on any atom is -0.377 e. The zero-order chi connectivity index (χ0) is 14.9. The van der Waals surface area contributed by atoms with E-state index in [9.17, 15) is 0 Å². The largest absolute Gasteiger partial charge is 0.377 e. The van der Waals surface area contributed by atoms with Gasteiger partial charge in [-0.05, 0) is 62.0 Å². The number of ether oxygens (including phenoxy) is 1. The van der Waals surface area contributed by atoms with E-state index in [1.807, 2.05) is 0 Å². The van der Waals surface area contributed by atoms with Gasteiger partial charge in [-0.3, -0.25) is 0 Å². The highest BCUT2D eigenvalue weighted by Crippen LogP contribution is 2.36. The van der Waals surface area contributed by atoms with Crippen molar-refractivity contribution in [1.29, 1.82) is 0 Å². The van der Waals surface area contributed by atoms with E-state index < -0.39 is 0 Å². The molecule has 0 aliphatic heterocycles. The van der Waals surface area contributed by atoms with Crippen molar-refractivity contribution < 1.29 is 4.74 Å². The van der Waals surface area contributed by atoms with Crippen LogP contribution in [-0.4, -0.2) is 6.61 Å². The van der Waals surface area contributed by atoms with Gasteiger partial charge in [-0.25, -0.2) is 0 Å². The molecule has 0 radical (unpaired) electrons. The van der Waals surface area contributed by atoms with Gasteiger partial charge in [0, 0.05) is 6.61 Å². The molecular weight excluding hydrogens is 256 g/mol. The maximum absolute atomic E-state index is 5.68. The summed E-state index contributed by atoms with van der Waals surface area (Å²) in [5, 5.41) is 0. The Morgan fingerprint density at radius 2 is 1.81 bits per heavy atom. The molecule has 1 aliphatic rings. The highest BCUT2D eigenvalue weighted by molar-refractivity contribution is 5.25. The van der Waals surface area contributed by atoms with Gasteiger partial charge in [0.25, 0.3) is 0 Å². The van der Waals surface area contributed by atoms with Gasteiger partial charge in [0.15, 0.2) is 0 Å². The van der Waals surface area contributed by atoms with Crippen LogP contribution in [-0.2, 0) is 11.3 Å². The normalized spacial score (nSPS) is 22.8. The number of rotatable bonds is 7. The molecule has 0 N–H and O–H groups in total. The van der Waals surface area contributed by atoms with Crippen LogP contribution in [0.15, 0.2) is 36.4 Å². The standard InChI is InChI=1S/C20H30O/c1-3-5-15-21-16-18-9-13-20(14-10-18)19-11-7-17(6-4-2)8-12-19/h4,6,9-10,13-14,17,19H,3,5,7-8,11-12,15-16H2,1-2H3/t17-,19-. The molecule has 0 spiro atoms. The lowest BCUT2D eigenvalue weighted by molar-refractivity contribution is 0.118. The van der Waals surface area contributed by atoms with Crippen molar-refractivity contribution >= 4 is 0 Å². The number of allylic oxidation sites excluding steroid dienone is 2. The van der Waals surface area contributed by atoms with Crippen LogP contribution in [0.1, 0.15) is 69.4 Å². The second kappa shape index (κ2) is 9.04. The number of benzene rings is 1. The van der Waals surface area contributed by atoms with Gasteiger partial charge in [-0.1, -0.05) is 49.8 Å². The first-order valence-corrected chi connectivity index (χ1v) is 8.63. The molecule has 1 aromatic rings. The average molecular weight is 286 g/mol. The predicted octanol–water partition coefficient (Wildman–Crippen LogP) is 5.85. The Hall–Kier alpha value is -1.08. The fraction of sp³-hybridized carbons (Fsp3) is 0.600. The molecule has 0 atom stereocenters. The van der Waals surface area contributed by atoms with E-state index in [0.717, 1.165) is 31.5 Å². The summed E-state index contributed by atoms with van der Waals surface area (Å²) in [6, 6.07) is 9.14. The molecule has 1 nitrogen and oxygen atoms in total. The number of hydrogen-bond acceptors (Lipinski definition) is 1. The summed E-state index contributed by atoms with van der Waals surface area (Å²) in [6.07, 6.45) is 12.3. The summed E-state index contributed by atoms with van der Waals surface area (Å²) in [7, 11) is 0. The van der Waals surface area contributed by atoms with Crippen molar-refractivity contribution in [3.63, 3.8) is 0 Å². The molecule has 1 heteroatoms. The van der Waals surface area contributed by atoms with Crippen molar-refractivity contribution in [2.24, 2.45) is 5.92 Å². The fourth-order valence-corrected chi connectivity index (χ4v) is 3.24. The summed E-state index contributed by atoms with van der Waals surface area (Å²) in [5.74, 6) is 1.58. The van der Waals surface area contributed by atoms with Crippen LogP contribution < -0.4 is 0 Å². The fourth-order valence-electron chi connectivity index (χ4n) is 3.24. The number of unbranched alkanes of at least 4 members (excludes halogenated alkanes) is 1. The molecule has 1 aromatic carbocycles. The Kier molecular flexibility index (Phi) is 7.02. The molecule has 1 saturated carbocycles. The van der Waals surface area contributed by atoms with Crippen LogP contribution in [0.5, 0.6) is 0 Å². The molecule has 0 amide bonds. The van der Waals surface area contributed by atoms with E-state index in [4.69, 9.17) is 4.74 Å². The van der Waals surface area contributed by atoms with Crippen LogP contribution in [0.3, 0.4) is 0 Å². The third-order valence-corrected chi connectivity index (χ3v) is 4.60. The van der Waals surface area contributed by atoms with Crippen LogP contribution in [0, 0.1) is 5.92 Å². The van der Waals surface area contributed by atoms with Gasteiger partial charge in [0.05, 0.1) is 6.61 Å². The third kappa shape index (κ3) is 5.32. The average Bonchev–Trinajstić information content (AvgIpc) is 2.53. The second-order valence-corrected chi connectivity index (χ2v) is 6.29. The van der Waals surface area contributed by atoms with Gasteiger partial charge >= 0.3 is 0 Å². The van der Waals surface area contributed by atoms with Crippen LogP contribution in [0.4, 0.5) is 0 Å². The summed E-state index contributed by atoms with van der Waals surface area (Å²) >= 11 is 0. The Bertz CT molecular complexity index is 410. The quantitative estimate of drug-likeness (QED) is 0.451. The Balaban J connectivity index is 1.79. The Morgan fingerprint density at radius 3 is 2.43 bits per heavy atom. The maximum atomic E-state index is 5.68. The summed E-state index contributed by atoms with van der Waals surface area (Å²) in [4.78, 5) is 0. The topological polar surface area (TPSA) is 9.23 Å². The lowest BCUT2D eigenvalue weighted by Gasteiger charge is -2.27. The molecule has 2 rings (SSSR count). The molecule has 21 heavy (non-hydrogen) atoms. The van der Waals surface area contributed by atoms with Crippen LogP contribution in [0.2, 0.25) is 0 Å². The van der Waals surface area contributed by atoms with Crippen molar-refractivity contribution in [1.82, 2.24) is 0 Å². The predicted molar refractivity (Wildman–Crippen MR) is 90.5 cm³/mol. The monoisotopic (exact) mass is 286 g/mol. The van der Waals surface area contributed by atoms with Crippen LogP contribution >= 0.6 is 0 Å². The first kappa shape index (κ1) is 16.3. The van der Waals surface area contributed by atoms with Gasteiger partial charge in [-0.2, -0.15) is 0 Å². The molecule has 0 heterocycles. The van der Waals surface area contributed by atoms with E-state index in [2.05, 4.69) is 50.3 Å². The molecule has 0 saturated heterocycles. The van der Waals surface area contributed by atoms with Crippen molar-refractivity contribution in [3.8, 4) is 0 Å². The van der Waals surface area contributed by atoms with Gasteiger partial charge in [0.2, 0.25) is 0 Å². The van der Waals surface area contributed by atoms with Crippen molar-refractivity contribution in [2.75, 3.05) is 6.61 Å². The molecule has 0 unspecified atom stereocenters. The van der Waals surface area contributed by atoms with Crippen molar-refractivity contribution in [3.05, 3.63) is 47.5 Å². The number of hydrogen-bond donors (Lipinski definition) is 0.